The molecule has 0 amide bonds. The highest BCUT2D eigenvalue weighted by Crippen LogP contribution is 2.46. The molecule has 0 radical (unpaired) electrons. The van der Waals surface area contributed by atoms with Crippen molar-refractivity contribution in [3.05, 3.63) is 52.9 Å². The summed E-state index contributed by atoms with van der Waals surface area (Å²) in [5, 5.41) is 3.20. The molecule has 1 fully saturated rings. The maximum atomic E-state index is 16.1. The summed E-state index contributed by atoms with van der Waals surface area (Å²) in [5.74, 6) is -0.797. The largest absolute Gasteiger partial charge is 0.465 e. The number of esters is 1. The molecule has 210 valence electrons. The van der Waals surface area contributed by atoms with Gasteiger partial charge >= 0.3 is 12.1 Å². The molecule has 1 atom stereocenters. The van der Waals surface area contributed by atoms with Crippen LogP contribution in [-0.2, 0) is 21.4 Å². The first-order chi connectivity index (χ1) is 18.5. The maximum Gasteiger partial charge on any atom is 0.433 e. The summed E-state index contributed by atoms with van der Waals surface area (Å²) in [5.41, 5.74) is -0.584. The molecule has 1 aromatic carbocycles. The first-order valence-electron chi connectivity index (χ1n) is 13.1. The van der Waals surface area contributed by atoms with E-state index in [2.05, 4.69) is 20.3 Å². The molecule has 2 aromatic heterocycles. The summed E-state index contributed by atoms with van der Waals surface area (Å²) >= 11 is 1.25. The second-order valence-corrected chi connectivity index (χ2v) is 11.2. The van der Waals surface area contributed by atoms with Crippen LogP contribution in [0.25, 0.3) is 10.4 Å². The van der Waals surface area contributed by atoms with Crippen molar-refractivity contribution in [3.8, 4) is 10.4 Å². The molecule has 0 spiro atoms. The normalized spacial score (nSPS) is 19.4. The number of ether oxygens (including phenoxy) is 1. The van der Waals surface area contributed by atoms with Crippen molar-refractivity contribution in [1.82, 2.24) is 15.0 Å². The molecule has 1 aliphatic rings. The number of carbonyl (C=O) groups excluding carboxylic acids is 1. The average molecular weight is 565 g/mol. The number of carbonyl (C=O) groups is 1. The van der Waals surface area contributed by atoms with Crippen molar-refractivity contribution < 1.29 is 27.1 Å². The second kappa shape index (κ2) is 12.0. The van der Waals surface area contributed by atoms with Gasteiger partial charge in [-0.05, 0) is 81.2 Å². The van der Waals surface area contributed by atoms with Gasteiger partial charge in [0.2, 0.25) is 5.95 Å². The van der Waals surface area contributed by atoms with Crippen LogP contribution in [0.5, 0.6) is 0 Å². The lowest BCUT2D eigenvalue weighted by Gasteiger charge is -2.34. The van der Waals surface area contributed by atoms with Gasteiger partial charge in [-0.2, -0.15) is 13.2 Å². The van der Waals surface area contributed by atoms with Gasteiger partial charge in [0.25, 0.3) is 0 Å². The van der Waals surface area contributed by atoms with E-state index in [1.54, 1.807) is 25.3 Å². The Labute approximate surface area is 229 Å². The molecule has 0 aliphatic heterocycles. The van der Waals surface area contributed by atoms with Crippen LogP contribution in [0.15, 0.2) is 36.7 Å². The predicted molar refractivity (Wildman–Crippen MR) is 142 cm³/mol. The number of aromatic nitrogens is 3. The summed E-state index contributed by atoms with van der Waals surface area (Å²) < 4.78 is 60.5. The van der Waals surface area contributed by atoms with Crippen molar-refractivity contribution >= 4 is 28.9 Å². The molecule has 1 saturated carbocycles. The number of benzene rings is 1. The lowest BCUT2D eigenvalue weighted by Crippen LogP contribution is -2.33. The number of nitrogens with one attached hydrogen (secondary N) is 1. The Morgan fingerprint density at radius 3 is 2.56 bits per heavy atom. The number of alkyl halides is 4. The fourth-order valence-electron chi connectivity index (χ4n) is 4.82. The third-order valence-corrected chi connectivity index (χ3v) is 8.32. The maximum absolute atomic E-state index is 16.1. The van der Waals surface area contributed by atoms with Crippen molar-refractivity contribution in [2.75, 3.05) is 11.9 Å². The number of aryl methyl sites for hydroxylation is 1. The number of hydrogen-bond acceptors (Lipinski definition) is 7. The van der Waals surface area contributed by atoms with Gasteiger partial charge in [0.1, 0.15) is 10.7 Å². The third-order valence-electron chi connectivity index (χ3n) is 7.06. The average Bonchev–Trinajstić information content (AvgIpc) is 3.40. The number of rotatable bonds is 9. The summed E-state index contributed by atoms with van der Waals surface area (Å²) in [4.78, 5) is 24.9. The van der Waals surface area contributed by atoms with Gasteiger partial charge < -0.3 is 10.1 Å². The van der Waals surface area contributed by atoms with E-state index in [1.807, 2.05) is 19.9 Å². The summed E-state index contributed by atoms with van der Waals surface area (Å²) in [6.07, 6.45) is 2.23. The van der Waals surface area contributed by atoms with Crippen molar-refractivity contribution in [2.24, 2.45) is 11.8 Å². The van der Waals surface area contributed by atoms with E-state index >= 15 is 4.39 Å². The minimum absolute atomic E-state index is 0.174. The number of hydrogen-bond donors (Lipinski definition) is 1. The number of nitrogens with zero attached hydrogens (tertiary/aromatic N) is 3. The molecule has 11 heteroatoms. The number of unbranched alkanes of at least 4 members (excludes halogenated alkanes) is 1. The van der Waals surface area contributed by atoms with Crippen LogP contribution in [0.3, 0.4) is 0 Å². The van der Waals surface area contributed by atoms with Crippen LogP contribution >= 0.6 is 11.3 Å². The Kier molecular flexibility index (Phi) is 8.88. The first kappa shape index (κ1) is 28.9. The van der Waals surface area contributed by atoms with E-state index in [9.17, 15) is 18.0 Å². The van der Waals surface area contributed by atoms with Gasteiger partial charge in [-0.3, -0.25) is 4.79 Å². The van der Waals surface area contributed by atoms with Crippen LogP contribution < -0.4 is 5.32 Å². The molecule has 1 N–H and O–H groups in total. The van der Waals surface area contributed by atoms with E-state index in [0.717, 1.165) is 41.1 Å². The van der Waals surface area contributed by atoms with Crippen LogP contribution in [0.4, 0.5) is 29.2 Å². The topological polar surface area (TPSA) is 77.0 Å². The Morgan fingerprint density at radius 2 is 1.87 bits per heavy atom. The highest BCUT2D eigenvalue weighted by atomic mass is 32.1. The predicted octanol–water partition coefficient (Wildman–Crippen LogP) is 8.01. The molecule has 4 rings (SSSR count). The Balaban J connectivity index is 1.45. The highest BCUT2D eigenvalue weighted by Gasteiger charge is 2.42. The zero-order valence-corrected chi connectivity index (χ0v) is 23.0. The summed E-state index contributed by atoms with van der Waals surface area (Å²) in [6, 6.07) is 6.23. The standard InChI is InChI=1S/C28H32F4N4O2S/c1-4-5-12-38-24(37)18-6-8-20(9-7-18)27(3,29)25-34-16-22(39-25)19-13-17(2)14-21(15-19)35-26-33-11-10-23(36-26)28(30,31)32/h10-11,13-16,18,20H,4-9,12H2,1-3H3,(H,33,35,36). The Hall–Kier alpha value is -3.08. The first-order valence-corrected chi connectivity index (χ1v) is 13.9. The minimum Gasteiger partial charge on any atom is -0.465 e. The van der Waals surface area contributed by atoms with E-state index in [-0.39, 0.29) is 23.8 Å². The fourth-order valence-corrected chi connectivity index (χ4v) is 5.84. The monoisotopic (exact) mass is 564 g/mol. The molecule has 0 saturated heterocycles. The quantitative estimate of drug-likeness (QED) is 0.161. The van der Waals surface area contributed by atoms with Gasteiger partial charge in [-0.1, -0.05) is 19.4 Å². The number of halogens is 4. The number of thiazole rings is 1. The second-order valence-electron chi connectivity index (χ2n) is 10.2. The third kappa shape index (κ3) is 7.12. The smallest absolute Gasteiger partial charge is 0.433 e. The Morgan fingerprint density at radius 1 is 1.13 bits per heavy atom. The molecule has 3 aromatic rings. The van der Waals surface area contributed by atoms with Crippen LogP contribution in [0.2, 0.25) is 0 Å². The minimum atomic E-state index is -4.58. The Bertz CT molecular complexity index is 1290. The van der Waals surface area contributed by atoms with Crippen LogP contribution in [-0.4, -0.2) is 27.5 Å². The molecule has 39 heavy (non-hydrogen) atoms. The molecular formula is C28H32F4N4O2S. The van der Waals surface area contributed by atoms with Gasteiger partial charge in [0, 0.05) is 18.1 Å². The van der Waals surface area contributed by atoms with E-state index in [0.29, 0.717) is 43.0 Å². The van der Waals surface area contributed by atoms with Crippen molar-refractivity contribution in [2.45, 2.75) is 71.1 Å². The van der Waals surface area contributed by atoms with E-state index < -0.39 is 17.5 Å². The van der Waals surface area contributed by atoms with Gasteiger partial charge in [0.15, 0.2) is 5.67 Å². The lowest BCUT2D eigenvalue weighted by atomic mass is 9.75. The summed E-state index contributed by atoms with van der Waals surface area (Å²) in [6.45, 7) is 5.87. The van der Waals surface area contributed by atoms with E-state index in [1.165, 1.54) is 11.3 Å². The van der Waals surface area contributed by atoms with Gasteiger partial charge in [-0.25, -0.2) is 19.3 Å². The molecule has 0 bridgehead atoms. The molecule has 2 heterocycles. The zero-order chi connectivity index (χ0) is 28.2. The fraction of sp³-hybridized carbons (Fsp3) is 0.500. The molecular weight excluding hydrogens is 532 g/mol. The zero-order valence-electron chi connectivity index (χ0n) is 22.1. The van der Waals surface area contributed by atoms with Crippen LogP contribution in [0.1, 0.15) is 68.6 Å². The van der Waals surface area contributed by atoms with Crippen LogP contribution in [0, 0.1) is 18.8 Å². The van der Waals surface area contributed by atoms with Gasteiger partial charge in [0.05, 0.1) is 17.4 Å². The molecule has 1 unspecified atom stereocenters. The van der Waals surface area contributed by atoms with Crippen molar-refractivity contribution in [3.63, 3.8) is 0 Å². The highest BCUT2D eigenvalue weighted by molar-refractivity contribution is 7.15. The SMILES string of the molecule is CCCCOC(=O)C1CCC(C(C)(F)c2ncc(-c3cc(C)cc(Nc4nccc(C(F)(F)F)n4)c3)s2)CC1. The number of anilines is 2. The molecule has 1 aliphatic carbocycles. The van der Waals surface area contributed by atoms with E-state index in [4.69, 9.17) is 4.74 Å². The summed E-state index contributed by atoms with van der Waals surface area (Å²) in [7, 11) is 0. The van der Waals surface area contributed by atoms with Gasteiger partial charge in [-0.15, -0.1) is 11.3 Å². The van der Waals surface area contributed by atoms with Crippen molar-refractivity contribution in [1.29, 1.82) is 0 Å². The lowest BCUT2D eigenvalue weighted by molar-refractivity contribution is -0.150. The molecule has 6 nitrogen and oxygen atoms in total.